The number of carbonyl (C=O) groups is 1. The molecule has 0 bridgehead atoms. The Balaban J connectivity index is 1.45. The smallest absolute Gasteiger partial charge is 0.227 e. The van der Waals surface area contributed by atoms with Gasteiger partial charge in [0.05, 0.1) is 12.1 Å². The number of aromatic nitrogens is 2. The van der Waals surface area contributed by atoms with Crippen LogP contribution in [-0.4, -0.2) is 33.4 Å². The molecule has 2 heterocycles. The number of hydrogen-bond acceptors (Lipinski definition) is 2. The summed E-state index contributed by atoms with van der Waals surface area (Å²) in [5, 5.41) is 2.40. The van der Waals surface area contributed by atoms with E-state index in [1.165, 1.54) is 10.8 Å². The molecule has 25 heavy (non-hydrogen) atoms. The van der Waals surface area contributed by atoms with Gasteiger partial charge in [-0.25, -0.2) is 4.98 Å². The van der Waals surface area contributed by atoms with E-state index in [1.807, 2.05) is 31.0 Å². The van der Waals surface area contributed by atoms with Gasteiger partial charge in [0.15, 0.2) is 0 Å². The van der Waals surface area contributed by atoms with Gasteiger partial charge in [0, 0.05) is 32.3 Å². The largest absolute Gasteiger partial charge is 0.342 e. The van der Waals surface area contributed by atoms with Gasteiger partial charge in [-0.15, -0.1) is 0 Å². The second-order valence-electron chi connectivity index (χ2n) is 7.04. The third kappa shape index (κ3) is 3.16. The van der Waals surface area contributed by atoms with Crippen molar-refractivity contribution < 1.29 is 4.79 Å². The fourth-order valence-electron chi connectivity index (χ4n) is 3.85. The minimum atomic E-state index is 0.212. The molecule has 3 aromatic rings. The van der Waals surface area contributed by atoms with Gasteiger partial charge >= 0.3 is 0 Å². The van der Waals surface area contributed by atoms with Gasteiger partial charge in [-0.3, -0.25) is 4.79 Å². The van der Waals surface area contributed by atoms with Crippen molar-refractivity contribution in [3.63, 3.8) is 0 Å². The molecule has 1 aliphatic rings. The molecule has 128 valence electrons. The lowest BCUT2D eigenvalue weighted by atomic mass is 10.0. The predicted molar refractivity (Wildman–Crippen MR) is 99.5 cm³/mol. The number of rotatable bonds is 3. The molecule has 4 nitrogen and oxygen atoms in total. The van der Waals surface area contributed by atoms with Crippen LogP contribution < -0.4 is 0 Å². The number of amides is 1. The van der Waals surface area contributed by atoms with E-state index >= 15 is 0 Å². The number of benzene rings is 2. The van der Waals surface area contributed by atoms with Crippen molar-refractivity contribution in [1.29, 1.82) is 0 Å². The predicted octanol–water partition coefficient (Wildman–Crippen LogP) is 3.44. The van der Waals surface area contributed by atoms with Crippen LogP contribution in [0.2, 0.25) is 0 Å². The Kier molecular flexibility index (Phi) is 4.04. The maximum Gasteiger partial charge on any atom is 0.227 e. The molecule has 0 N–H and O–H groups in total. The van der Waals surface area contributed by atoms with Crippen LogP contribution in [0.5, 0.6) is 0 Å². The first-order valence-electron chi connectivity index (χ1n) is 8.85. The van der Waals surface area contributed by atoms with Crippen molar-refractivity contribution in [2.75, 3.05) is 13.1 Å². The molecule has 1 amide bonds. The number of likely N-dealkylation sites (tertiary alicyclic amines) is 1. The van der Waals surface area contributed by atoms with Gasteiger partial charge in [-0.05, 0) is 29.7 Å². The lowest BCUT2D eigenvalue weighted by Crippen LogP contribution is -2.30. The van der Waals surface area contributed by atoms with Crippen molar-refractivity contribution in [1.82, 2.24) is 14.5 Å². The fourth-order valence-corrected chi connectivity index (χ4v) is 3.85. The van der Waals surface area contributed by atoms with Crippen LogP contribution in [0, 0.1) is 6.92 Å². The van der Waals surface area contributed by atoms with Crippen LogP contribution in [-0.2, 0) is 18.3 Å². The van der Waals surface area contributed by atoms with Crippen molar-refractivity contribution in [3.8, 4) is 0 Å². The molecule has 0 aliphatic carbocycles. The Morgan fingerprint density at radius 2 is 2.00 bits per heavy atom. The van der Waals surface area contributed by atoms with Crippen molar-refractivity contribution in [2.45, 2.75) is 25.7 Å². The highest BCUT2D eigenvalue weighted by molar-refractivity contribution is 5.85. The van der Waals surface area contributed by atoms with Crippen LogP contribution in [0.25, 0.3) is 10.8 Å². The van der Waals surface area contributed by atoms with Crippen LogP contribution in [0.15, 0.2) is 48.7 Å². The molecule has 2 aromatic carbocycles. The minimum Gasteiger partial charge on any atom is -0.342 e. The zero-order valence-corrected chi connectivity index (χ0v) is 14.8. The van der Waals surface area contributed by atoms with Gasteiger partial charge < -0.3 is 9.47 Å². The molecule has 4 rings (SSSR count). The molecule has 1 aliphatic heterocycles. The van der Waals surface area contributed by atoms with E-state index in [-0.39, 0.29) is 5.91 Å². The molecule has 1 atom stereocenters. The van der Waals surface area contributed by atoms with Crippen LogP contribution in [0.3, 0.4) is 0 Å². The summed E-state index contributed by atoms with van der Waals surface area (Å²) in [6.45, 7) is 3.61. The highest BCUT2D eigenvalue weighted by Crippen LogP contribution is 2.27. The second-order valence-corrected chi connectivity index (χ2v) is 7.04. The first kappa shape index (κ1) is 15.9. The van der Waals surface area contributed by atoms with E-state index in [4.69, 9.17) is 0 Å². The summed E-state index contributed by atoms with van der Waals surface area (Å²) in [6, 6.07) is 14.6. The van der Waals surface area contributed by atoms with Gasteiger partial charge in [0.2, 0.25) is 5.91 Å². The standard InChI is InChI=1S/C21H23N3O/c1-15-13-23(2)21(22-15)19-9-10-24(14-19)20(25)12-16-7-8-17-5-3-4-6-18(17)11-16/h3-8,11,13,19H,9-10,12,14H2,1-2H3/t19-/m1/s1. The minimum absolute atomic E-state index is 0.212. The van der Waals surface area contributed by atoms with Crippen LogP contribution >= 0.6 is 0 Å². The molecule has 0 spiro atoms. The number of aryl methyl sites for hydroxylation is 2. The summed E-state index contributed by atoms with van der Waals surface area (Å²) in [7, 11) is 2.04. The van der Waals surface area contributed by atoms with E-state index in [2.05, 4.69) is 46.1 Å². The van der Waals surface area contributed by atoms with Gasteiger partial charge in [-0.1, -0.05) is 42.5 Å². The molecule has 1 aromatic heterocycles. The summed E-state index contributed by atoms with van der Waals surface area (Å²) in [5.74, 6) is 1.65. The summed E-state index contributed by atoms with van der Waals surface area (Å²) >= 11 is 0. The Hall–Kier alpha value is -2.62. The van der Waals surface area contributed by atoms with Gasteiger partial charge in [0.25, 0.3) is 0 Å². The quantitative estimate of drug-likeness (QED) is 0.736. The van der Waals surface area contributed by atoms with E-state index < -0.39 is 0 Å². The Bertz CT molecular complexity index is 928. The van der Waals surface area contributed by atoms with E-state index in [9.17, 15) is 4.79 Å². The zero-order chi connectivity index (χ0) is 17.4. The molecule has 0 radical (unpaired) electrons. The number of carbonyl (C=O) groups excluding carboxylic acids is 1. The number of hydrogen-bond donors (Lipinski definition) is 0. The average molecular weight is 333 g/mol. The fraction of sp³-hybridized carbons (Fsp3) is 0.333. The Labute approximate surface area is 148 Å². The normalized spacial score (nSPS) is 17.4. The first-order chi connectivity index (χ1) is 12.1. The van der Waals surface area contributed by atoms with E-state index in [0.29, 0.717) is 12.3 Å². The van der Waals surface area contributed by atoms with Crippen LogP contribution in [0.1, 0.15) is 29.4 Å². The van der Waals surface area contributed by atoms with Gasteiger partial charge in [0.1, 0.15) is 5.82 Å². The van der Waals surface area contributed by atoms with Crippen molar-refractivity contribution >= 4 is 16.7 Å². The first-order valence-corrected chi connectivity index (χ1v) is 8.85. The lowest BCUT2D eigenvalue weighted by molar-refractivity contribution is -0.129. The maximum absolute atomic E-state index is 12.7. The number of imidazole rings is 1. The average Bonchev–Trinajstić information content (AvgIpc) is 3.21. The molecule has 1 fully saturated rings. The highest BCUT2D eigenvalue weighted by atomic mass is 16.2. The lowest BCUT2D eigenvalue weighted by Gasteiger charge is -2.17. The highest BCUT2D eigenvalue weighted by Gasteiger charge is 2.29. The molecule has 0 unspecified atom stereocenters. The van der Waals surface area contributed by atoms with E-state index in [0.717, 1.165) is 36.6 Å². The Morgan fingerprint density at radius 1 is 1.20 bits per heavy atom. The van der Waals surface area contributed by atoms with Crippen molar-refractivity contribution in [2.24, 2.45) is 7.05 Å². The van der Waals surface area contributed by atoms with Crippen LogP contribution in [0.4, 0.5) is 0 Å². The maximum atomic E-state index is 12.7. The molecule has 1 saturated heterocycles. The molecule has 0 saturated carbocycles. The Morgan fingerprint density at radius 3 is 2.76 bits per heavy atom. The van der Waals surface area contributed by atoms with Crippen molar-refractivity contribution in [3.05, 3.63) is 65.7 Å². The summed E-state index contributed by atoms with van der Waals surface area (Å²) in [4.78, 5) is 19.3. The summed E-state index contributed by atoms with van der Waals surface area (Å²) in [6.07, 6.45) is 3.51. The SMILES string of the molecule is Cc1cn(C)c([C@@H]2CCN(C(=O)Cc3ccc4ccccc4c3)C2)n1. The molecular formula is C21H23N3O. The third-order valence-corrected chi connectivity index (χ3v) is 5.11. The topological polar surface area (TPSA) is 38.1 Å². The summed E-state index contributed by atoms with van der Waals surface area (Å²) in [5.41, 5.74) is 2.12. The number of fused-ring (bicyclic) bond motifs is 1. The second kappa shape index (κ2) is 6.36. The monoisotopic (exact) mass is 333 g/mol. The zero-order valence-electron chi connectivity index (χ0n) is 14.8. The number of nitrogens with zero attached hydrogens (tertiary/aromatic N) is 3. The van der Waals surface area contributed by atoms with E-state index in [1.54, 1.807) is 0 Å². The third-order valence-electron chi connectivity index (χ3n) is 5.11. The molecule has 4 heteroatoms. The van der Waals surface area contributed by atoms with Gasteiger partial charge in [-0.2, -0.15) is 0 Å². The molecular weight excluding hydrogens is 310 g/mol. The summed E-state index contributed by atoms with van der Waals surface area (Å²) < 4.78 is 2.09.